The van der Waals surface area contributed by atoms with Crippen molar-refractivity contribution in [1.29, 1.82) is 0 Å². The lowest BCUT2D eigenvalue weighted by atomic mass is 10.2. The average molecular weight is 280 g/mol. The van der Waals surface area contributed by atoms with Crippen LogP contribution in [0.1, 0.15) is 29.4 Å². The molecule has 0 spiro atoms. The summed E-state index contributed by atoms with van der Waals surface area (Å²) in [7, 11) is 0. The minimum atomic E-state index is -0.00395. The number of terminal acetylenes is 1. The van der Waals surface area contributed by atoms with Crippen molar-refractivity contribution in [3.05, 3.63) is 59.9 Å². The van der Waals surface area contributed by atoms with Crippen LogP contribution in [0, 0.1) is 12.3 Å². The van der Waals surface area contributed by atoms with Crippen LogP contribution in [0.25, 0.3) is 0 Å². The molecule has 0 radical (unpaired) electrons. The second-order valence-electron chi connectivity index (χ2n) is 4.94. The number of amides is 1. The third-order valence-electron chi connectivity index (χ3n) is 3.31. The first-order valence-corrected chi connectivity index (χ1v) is 7.18. The molecule has 1 aromatic heterocycles. The van der Waals surface area contributed by atoms with Crippen LogP contribution in [0.15, 0.2) is 48.7 Å². The minimum Gasteiger partial charge on any atom is -0.339 e. The smallest absolute Gasteiger partial charge is 0.271 e. The monoisotopic (exact) mass is 280 g/mol. The maximum absolute atomic E-state index is 12.6. The minimum absolute atomic E-state index is 0.00395. The van der Waals surface area contributed by atoms with E-state index in [1.165, 1.54) is 5.56 Å². The molecule has 2 aromatic rings. The first kappa shape index (κ1) is 14.9. The van der Waals surface area contributed by atoms with Gasteiger partial charge in [-0.1, -0.05) is 43.2 Å². The van der Waals surface area contributed by atoms with Gasteiger partial charge in [0.05, 0.1) is 6.54 Å². The molecule has 0 saturated carbocycles. The largest absolute Gasteiger partial charge is 0.339 e. The molecular formula is C18H20N2O. The second-order valence-corrected chi connectivity index (χ2v) is 4.94. The van der Waals surface area contributed by atoms with E-state index in [0.29, 0.717) is 25.3 Å². The molecule has 0 unspecified atom stereocenters. The predicted octanol–water partition coefficient (Wildman–Crippen LogP) is 3.02. The molecule has 0 aliphatic heterocycles. The molecule has 1 aromatic carbocycles. The lowest BCUT2D eigenvalue weighted by Gasteiger charge is -2.20. The van der Waals surface area contributed by atoms with E-state index in [1.54, 1.807) is 4.90 Å². The van der Waals surface area contributed by atoms with Crippen LogP contribution in [-0.2, 0) is 6.54 Å². The number of carbonyl (C=O) groups excluding carboxylic acids is 1. The highest BCUT2D eigenvalue weighted by molar-refractivity contribution is 5.93. The van der Waals surface area contributed by atoms with Crippen molar-refractivity contribution < 1.29 is 4.79 Å². The molecule has 0 aliphatic rings. The van der Waals surface area contributed by atoms with Crippen LogP contribution in [0.4, 0.5) is 0 Å². The van der Waals surface area contributed by atoms with Crippen LogP contribution in [0.3, 0.4) is 0 Å². The van der Waals surface area contributed by atoms with E-state index in [0.717, 1.165) is 6.42 Å². The van der Waals surface area contributed by atoms with Crippen molar-refractivity contribution in [1.82, 2.24) is 9.47 Å². The summed E-state index contributed by atoms with van der Waals surface area (Å²) in [5.74, 6) is 2.56. The molecule has 108 valence electrons. The van der Waals surface area contributed by atoms with E-state index in [-0.39, 0.29) is 5.91 Å². The molecule has 0 N–H and O–H groups in total. The summed E-state index contributed by atoms with van der Waals surface area (Å²) in [6.07, 6.45) is 8.19. The van der Waals surface area contributed by atoms with Gasteiger partial charge >= 0.3 is 0 Å². The van der Waals surface area contributed by atoms with Crippen LogP contribution in [-0.4, -0.2) is 28.5 Å². The van der Waals surface area contributed by atoms with Gasteiger partial charge in [0.15, 0.2) is 0 Å². The Hall–Kier alpha value is -2.47. The highest BCUT2D eigenvalue weighted by Gasteiger charge is 2.17. The van der Waals surface area contributed by atoms with Crippen molar-refractivity contribution in [3.63, 3.8) is 0 Å². The zero-order chi connectivity index (χ0) is 15.1. The number of carbonyl (C=O) groups is 1. The average Bonchev–Trinajstić information content (AvgIpc) is 2.95. The Bertz CT molecular complexity index is 622. The molecule has 1 heterocycles. The van der Waals surface area contributed by atoms with Crippen molar-refractivity contribution in [2.45, 2.75) is 19.9 Å². The number of nitrogens with zero attached hydrogens (tertiary/aromatic N) is 2. The molecule has 0 fully saturated rings. The summed E-state index contributed by atoms with van der Waals surface area (Å²) in [6.45, 7) is 3.76. The highest BCUT2D eigenvalue weighted by atomic mass is 16.2. The van der Waals surface area contributed by atoms with Gasteiger partial charge in [0, 0.05) is 19.3 Å². The summed E-state index contributed by atoms with van der Waals surface area (Å²) in [6, 6.07) is 13.9. The summed E-state index contributed by atoms with van der Waals surface area (Å²) >= 11 is 0. The number of hydrogen-bond acceptors (Lipinski definition) is 1. The lowest BCUT2D eigenvalue weighted by molar-refractivity contribution is 0.0766. The van der Waals surface area contributed by atoms with Crippen molar-refractivity contribution in [2.75, 3.05) is 13.1 Å². The Labute approximate surface area is 126 Å². The molecule has 3 nitrogen and oxygen atoms in total. The second kappa shape index (κ2) is 7.35. The maximum atomic E-state index is 12.6. The van der Waals surface area contributed by atoms with Crippen LogP contribution in [0.2, 0.25) is 0 Å². The van der Waals surface area contributed by atoms with Gasteiger partial charge in [-0.2, -0.15) is 0 Å². The van der Waals surface area contributed by atoms with E-state index < -0.39 is 0 Å². The zero-order valence-corrected chi connectivity index (χ0v) is 12.3. The number of rotatable bonds is 6. The molecule has 21 heavy (non-hydrogen) atoms. The normalized spacial score (nSPS) is 10.1. The molecule has 0 saturated heterocycles. The number of benzene rings is 1. The maximum Gasteiger partial charge on any atom is 0.271 e. The van der Waals surface area contributed by atoms with Gasteiger partial charge in [0.1, 0.15) is 5.69 Å². The zero-order valence-electron chi connectivity index (χ0n) is 12.3. The molecule has 3 heteroatoms. The van der Waals surface area contributed by atoms with Crippen molar-refractivity contribution in [2.24, 2.45) is 0 Å². The Kier molecular flexibility index (Phi) is 5.22. The van der Waals surface area contributed by atoms with Gasteiger partial charge < -0.3 is 9.47 Å². The number of aromatic nitrogens is 1. The Balaban J connectivity index is 2.19. The predicted molar refractivity (Wildman–Crippen MR) is 85.0 cm³/mol. The third kappa shape index (κ3) is 3.76. The van der Waals surface area contributed by atoms with Gasteiger partial charge in [-0.3, -0.25) is 4.79 Å². The van der Waals surface area contributed by atoms with E-state index in [2.05, 4.69) is 18.1 Å². The van der Waals surface area contributed by atoms with Gasteiger partial charge in [0.25, 0.3) is 5.91 Å². The highest BCUT2D eigenvalue weighted by Crippen LogP contribution is 2.11. The van der Waals surface area contributed by atoms with Crippen LogP contribution >= 0.6 is 0 Å². The SMILES string of the molecule is C#CCN(CCC)C(=O)c1cccn1Cc1ccccc1. The first-order valence-electron chi connectivity index (χ1n) is 7.18. The van der Waals surface area contributed by atoms with Gasteiger partial charge in [-0.05, 0) is 24.1 Å². The standard InChI is InChI=1S/C18H20N2O/c1-3-12-19(13-4-2)18(21)17-11-8-14-20(17)15-16-9-6-5-7-10-16/h1,5-11,14H,4,12-13,15H2,2H3. The molecule has 1 amide bonds. The molecule has 0 aliphatic carbocycles. The topological polar surface area (TPSA) is 25.2 Å². The summed E-state index contributed by atoms with van der Waals surface area (Å²) in [5, 5.41) is 0. The third-order valence-corrected chi connectivity index (χ3v) is 3.31. The molecular weight excluding hydrogens is 260 g/mol. The van der Waals surface area contributed by atoms with E-state index in [4.69, 9.17) is 6.42 Å². The van der Waals surface area contributed by atoms with Gasteiger partial charge in [-0.25, -0.2) is 0 Å². The van der Waals surface area contributed by atoms with Gasteiger partial charge in [0.2, 0.25) is 0 Å². The summed E-state index contributed by atoms with van der Waals surface area (Å²) in [4.78, 5) is 14.3. The van der Waals surface area contributed by atoms with Crippen LogP contribution in [0.5, 0.6) is 0 Å². The van der Waals surface area contributed by atoms with Crippen molar-refractivity contribution in [3.8, 4) is 12.3 Å². The quantitative estimate of drug-likeness (QED) is 0.747. The van der Waals surface area contributed by atoms with Crippen LogP contribution < -0.4 is 0 Å². The fraction of sp³-hybridized carbons (Fsp3) is 0.278. The van der Waals surface area contributed by atoms with Gasteiger partial charge in [-0.15, -0.1) is 6.42 Å². The first-order chi connectivity index (χ1) is 10.3. The Morgan fingerprint density at radius 3 is 2.67 bits per heavy atom. The van der Waals surface area contributed by atoms with E-state index >= 15 is 0 Å². The molecule has 0 bridgehead atoms. The number of hydrogen-bond donors (Lipinski definition) is 0. The fourth-order valence-electron chi connectivity index (χ4n) is 2.32. The molecule has 2 rings (SSSR count). The van der Waals surface area contributed by atoms with E-state index in [1.807, 2.05) is 48.0 Å². The fourth-order valence-corrected chi connectivity index (χ4v) is 2.32. The Morgan fingerprint density at radius 2 is 2.00 bits per heavy atom. The Morgan fingerprint density at radius 1 is 1.24 bits per heavy atom. The van der Waals surface area contributed by atoms with E-state index in [9.17, 15) is 4.79 Å². The molecule has 0 atom stereocenters. The van der Waals surface area contributed by atoms with Crippen molar-refractivity contribution >= 4 is 5.91 Å². The summed E-state index contributed by atoms with van der Waals surface area (Å²) < 4.78 is 1.97. The lowest BCUT2D eigenvalue weighted by Crippen LogP contribution is -2.33. The summed E-state index contributed by atoms with van der Waals surface area (Å²) in [5.41, 5.74) is 1.85.